The van der Waals surface area contributed by atoms with E-state index >= 15 is 0 Å². The number of unbranched alkanes of at least 4 members (excludes halogenated alkanes) is 1. The summed E-state index contributed by atoms with van der Waals surface area (Å²) in [5.74, 6) is -0.0783. The minimum Gasteiger partial charge on any atom is -0.368 e. The van der Waals surface area contributed by atoms with E-state index in [4.69, 9.17) is 0 Å². The molecular formula is C18H29FN2. The van der Waals surface area contributed by atoms with Gasteiger partial charge in [0, 0.05) is 36.4 Å². The number of anilines is 1. The minimum atomic E-state index is -0.0783. The third kappa shape index (κ3) is 4.44. The molecular weight excluding hydrogens is 263 g/mol. The van der Waals surface area contributed by atoms with E-state index in [2.05, 4.69) is 37.1 Å². The molecule has 0 amide bonds. The third-order valence-corrected chi connectivity index (χ3v) is 4.42. The molecule has 0 aliphatic heterocycles. The second kappa shape index (κ2) is 7.79. The van der Waals surface area contributed by atoms with Gasteiger partial charge < -0.3 is 10.2 Å². The van der Waals surface area contributed by atoms with Crippen LogP contribution in [0.5, 0.6) is 0 Å². The van der Waals surface area contributed by atoms with Gasteiger partial charge in [0.15, 0.2) is 0 Å². The van der Waals surface area contributed by atoms with Crippen LogP contribution in [0.3, 0.4) is 0 Å². The van der Waals surface area contributed by atoms with Gasteiger partial charge in [-0.05, 0) is 44.7 Å². The number of nitrogens with one attached hydrogen (secondary N) is 1. The van der Waals surface area contributed by atoms with Crippen molar-refractivity contribution in [2.75, 3.05) is 11.4 Å². The number of nitrogens with zero attached hydrogens (tertiary/aromatic N) is 1. The zero-order valence-electron chi connectivity index (χ0n) is 13.7. The Labute approximate surface area is 128 Å². The predicted octanol–water partition coefficient (Wildman–Crippen LogP) is 4.48. The molecule has 1 aromatic carbocycles. The fourth-order valence-corrected chi connectivity index (χ4v) is 2.65. The van der Waals surface area contributed by atoms with E-state index in [1.54, 1.807) is 6.07 Å². The minimum absolute atomic E-state index is 0.0783. The Morgan fingerprint density at radius 2 is 2.10 bits per heavy atom. The molecule has 2 nitrogen and oxygen atoms in total. The summed E-state index contributed by atoms with van der Waals surface area (Å²) in [5.41, 5.74) is 1.91. The van der Waals surface area contributed by atoms with Crippen LogP contribution in [0.1, 0.15) is 58.4 Å². The maximum absolute atomic E-state index is 14.3. The summed E-state index contributed by atoms with van der Waals surface area (Å²) >= 11 is 0. The standard InChI is InChI=1S/C18H29FN2/c1-4-6-12-21(14(3)5-2)18-9-7-8-17(19)16(18)13-20-15-10-11-15/h7-9,14-15,20H,4-6,10-13H2,1-3H3. The van der Waals surface area contributed by atoms with Crippen LogP contribution in [0.15, 0.2) is 18.2 Å². The maximum atomic E-state index is 14.3. The lowest BCUT2D eigenvalue weighted by molar-refractivity contribution is 0.566. The van der Waals surface area contributed by atoms with Crippen LogP contribution in [0, 0.1) is 5.82 Å². The highest BCUT2D eigenvalue weighted by molar-refractivity contribution is 5.55. The quantitative estimate of drug-likeness (QED) is 0.722. The van der Waals surface area contributed by atoms with Crippen molar-refractivity contribution >= 4 is 5.69 Å². The molecule has 2 rings (SSSR count). The highest BCUT2D eigenvalue weighted by atomic mass is 19.1. The van der Waals surface area contributed by atoms with Crippen LogP contribution >= 0.6 is 0 Å². The SMILES string of the molecule is CCCCN(c1cccc(F)c1CNC1CC1)C(C)CC. The summed E-state index contributed by atoms with van der Waals surface area (Å²) in [4.78, 5) is 2.39. The Morgan fingerprint density at radius 3 is 2.71 bits per heavy atom. The van der Waals surface area contributed by atoms with Gasteiger partial charge in [-0.1, -0.05) is 26.3 Å². The average Bonchev–Trinajstić information content (AvgIpc) is 3.30. The van der Waals surface area contributed by atoms with Gasteiger partial charge in [0.1, 0.15) is 5.82 Å². The van der Waals surface area contributed by atoms with Crippen molar-refractivity contribution in [2.45, 2.75) is 71.5 Å². The number of hydrogen-bond acceptors (Lipinski definition) is 2. The van der Waals surface area contributed by atoms with E-state index in [1.165, 1.54) is 12.8 Å². The Balaban J connectivity index is 2.21. The van der Waals surface area contributed by atoms with E-state index in [9.17, 15) is 4.39 Å². The first kappa shape index (κ1) is 16.3. The summed E-state index contributed by atoms with van der Waals surface area (Å²) in [6.45, 7) is 8.29. The molecule has 0 bridgehead atoms. The Bertz CT molecular complexity index is 443. The maximum Gasteiger partial charge on any atom is 0.129 e. The van der Waals surface area contributed by atoms with Crippen molar-refractivity contribution < 1.29 is 4.39 Å². The summed E-state index contributed by atoms with van der Waals surface area (Å²) in [5, 5.41) is 3.46. The van der Waals surface area contributed by atoms with E-state index in [-0.39, 0.29) is 5.82 Å². The van der Waals surface area contributed by atoms with Gasteiger partial charge in [0.05, 0.1) is 0 Å². The lowest BCUT2D eigenvalue weighted by Gasteiger charge is -2.33. The van der Waals surface area contributed by atoms with Crippen LogP contribution in [0.4, 0.5) is 10.1 Å². The Morgan fingerprint density at radius 1 is 1.33 bits per heavy atom. The summed E-state index contributed by atoms with van der Waals surface area (Å²) in [7, 11) is 0. The highest BCUT2D eigenvalue weighted by Crippen LogP contribution is 2.28. The van der Waals surface area contributed by atoms with Crippen LogP contribution in [0.2, 0.25) is 0 Å². The first-order valence-corrected chi connectivity index (χ1v) is 8.44. The summed E-state index contributed by atoms with van der Waals surface area (Å²) in [6.07, 6.45) is 5.85. The second-order valence-electron chi connectivity index (χ2n) is 6.20. The van der Waals surface area contributed by atoms with Gasteiger partial charge in [0.2, 0.25) is 0 Å². The second-order valence-corrected chi connectivity index (χ2v) is 6.20. The van der Waals surface area contributed by atoms with Gasteiger partial charge in [-0.3, -0.25) is 0 Å². The molecule has 1 saturated carbocycles. The van der Waals surface area contributed by atoms with E-state index < -0.39 is 0 Å². The number of hydrogen-bond donors (Lipinski definition) is 1. The molecule has 0 aromatic heterocycles. The largest absolute Gasteiger partial charge is 0.368 e. The molecule has 118 valence electrons. The number of halogens is 1. The molecule has 0 heterocycles. The van der Waals surface area contributed by atoms with E-state index in [0.717, 1.165) is 37.1 Å². The first-order valence-electron chi connectivity index (χ1n) is 8.44. The van der Waals surface area contributed by atoms with Gasteiger partial charge in [-0.15, -0.1) is 0 Å². The topological polar surface area (TPSA) is 15.3 Å². The molecule has 0 spiro atoms. The molecule has 1 aliphatic carbocycles. The first-order chi connectivity index (χ1) is 10.2. The van der Waals surface area contributed by atoms with Gasteiger partial charge in [0.25, 0.3) is 0 Å². The highest BCUT2D eigenvalue weighted by Gasteiger charge is 2.23. The molecule has 1 N–H and O–H groups in total. The molecule has 1 atom stereocenters. The van der Waals surface area contributed by atoms with Crippen molar-refractivity contribution in [1.82, 2.24) is 5.32 Å². The molecule has 1 unspecified atom stereocenters. The smallest absolute Gasteiger partial charge is 0.129 e. The third-order valence-electron chi connectivity index (χ3n) is 4.42. The van der Waals surface area contributed by atoms with Crippen molar-refractivity contribution in [1.29, 1.82) is 0 Å². The molecule has 3 heteroatoms. The van der Waals surface area contributed by atoms with Gasteiger partial charge in [-0.2, -0.15) is 0 Å². The lowest BCUT2D eigenvalue weighted by Crippen LogP contribution is -2.35. The number of benzene rings is 1. The van der Waals surface area contributed by atoms with Crippen molar-refractivity contribution in [3.05, 3.63) is 29.6 Å². The number of rotatable bonds is 9. The summed E-state index contributed by atoms with van der Waals surface area (Å²) in [6, 6.07) is 6.55. The molecule has 21 heavy (non-hydrogen) atoms. The van der Waals surface area contributed by atoms with Crippen molar-refractivity contribution in [3.8, 4) is 0 Å². The zero-order chi connectivity index (χ0) is 15.2. The Kier molecular flexibility index (Phi) is 6.04. The lowest BCUT2D eigenvalue weighted by atomic mass is 10.1. The van der Waals surface area contributed by atoms with Crippen LogP contribution in [-0.2, 0) is 6.54 Å². The molecule has 0 radical (unpaired) electrons. The average molecular weight is 292 g/mol. The summed E-state index contributed by atoms with van der Waals surface area (Å²) < 4.78 is 14.3. The monoisotopic (exact) mass is 292 g/mol. The zero-order valence-corrected chi connectivity index (χ0v) is 13.7. The molecule has 1 aliphatic rings. The van der Waals surface area contributed by atoms with E-state index in [1.807, 2.05) is 6.07 Å². The van der Waals surface area contributed by atoms with Crippen molar-refractivity contribution in [3.63, 3.8) is 0 Å². The molecule has 0 saturated heterocycles. The van der Waals surface area contributed by atoms with Crippen molar-refractivity contribution in [2.24, 2.45) is 0 Å². The fraction of sp³-hybridized carbons (Fsp3) is 0.667. The van der Waals surface area contributed by atoms with Gasteiger partial charge in [-0.25, -0.2) is 4.39 Å². The predicted molar refractivity (Wildman–Crippen MR) is 88.3 cm³/mol. The van der Waals surface area contributed by atoms with Crippen LogP contribution in [-0.4, -0.2) is 18.6 Å². The van der Waals surface area contributed by atoms with E-state index in [0.29, 0.717) is 18.6 Å². The van der Waals surface area contributed by atoms with Crippen LogP contribution in [0.25, 0.3) is 0 Å². The Hall–Kier alpha value is -1.09. The van der Waals surface area contributed by atoms with Gasteiger partial charge >= 0.3 is 0 Å². The van der Waals surface area contributed by atoms with Crippen LogP contribution < -0.4 is 10.2 Å². The normalized spacial score (nSPS) is 16.0. The fourth-order valence-electron chi connectivity index (χ4n) is 2.65. The molecule has 1 aromatic rings. The molecule has 1 fully saturated rings.